The summed E-state index contributed by atoms with van der Waals surface area (Å²) in [6.07, 6.45) is 0.320. The van der Waals surface area contributed by atoms with Crippen molar-refractivity contribution in [1.29, 1.82) is 5.26 Å². The highest BCUT2D eigenvalue weighted by Crippen LogP contribution is 2.13. The molecule has 0 saturated carbocycles. The molecule has 0 saturated heterocycles. The number of carbonyl (C=O) groups excluding carboxylic acids is 2. The van der Waals surface area contributed by atoms with Crippen molar-refractivity contribution in [2.24, 2.45) is 0 Å². The van der Waals surface area contributed by atoms with Gasteiger partial charge in [0.05, 0.1) is 18.1 Å². The summed E-state index contributed by atoms with van der Waals surface area (Å²) in [5.74, 6) is 0.0193. The lowest BCUT2D eigenvalue weighted by molar-refractivity contribution is -0.127. The second kappa shape index (κ2) is 7.79. The SMILES string of the molecule is CN(C)C(=O)Cc1ccc(NC(=O)Nc2cccc(C#N)c2)cc1. The predicted molar refractivity (Wildman–Crippen MR) is 92.6 cm³/mol. The quantitative estimate of drug-likeness (QED) is 0.907. The third-order valence-electron chi connectivity index (χ3n) is 3.32. The van der Waals surface area contributed by atoms with Crippen molar-refractivity contribution in [3.8, 4) is 6.07 Å². The average Bonchev–Trinajstić information content (AvgIpc) is 2.56. The average molecular weight is 322 g/mol. The predicted octanol–water partition coefficient (Wildman–Crippen LogP) is 2.83. The Morgan fingerprint density at radius 2 is 1.71 bits per heavy atom. The van der Waals surface area contributed by atoms with Crippen LogP contribution in [0.1, 0.15) is 11.1 Å². The van der Waals surface area contributed by atoms with E-state index in [1.807, 2.05) is 6.07 Å². The van der Waals surface area contributed by atoms with Gasteiger partial charge in [-0.25, -0.2) is 4.79 Å². The number of hydrogen-bond acceptors (Lipinski definition) is 3. The molecule has 2 aromatic rings. The lowest BCUT2D eigenvalue weighted by atomic mass is 10.1. The molecule has 2 aromatic carbocycles. The van der Waals surface area contributed by atoms with E-state index in [9.17, 15) is 9.59 Å². The van der Waals surface area contributed by atoms with Gasteiger partial charge in [0.2, 0.25) is 5.91 Å². The van der Waals surface area contributed by atoms with E-state index in [0.29, 0.717) is 23.4 Å². The standard InChI is InChI=1S/C18H18N4O2/c1-22(2)17(23)11-13-6-8-15(9-7-13)20-18(24)21-16-5-3-4-14(10-16)12-19/h3-10H,11H2,1-2H3,(H2,20,21,24). The number of rotatable bonds is 4. The summed E-state index contributed by atoms with van der Waals surface area (Å²) >= 11 is 0. The van der Waals surface area contributed by atoms with E-state index >= 15 is 0 Å². The van der Waals surface area contributed by atoms with Gasteiger partial charge >= 0.3 is 6.03 Å². The van der Waals surface area contributed by atoms with Crippen LogP contribution in [0.15, 0.2) is 48.5 Å². The van der Waals surface area contributed by atoms with Crippen LogP contribution in [0.25, 0.3) is 0 Å². The second-order valence-electron chi connectivity index (χ2n) is 5.43. The van der Waals surface area contributed by atoms with Gasteiger partial charge in [0, 0.05) is 25.5 Å². The fourth-order valence-electron chi connectivity index (χ4n) is 2.00. The zero-order valence-electron chi connectivity index (χ0n) is 13.5. The number of likely N-dealkylation sites (N-methyl/N-ethyl adjacent to an activating group) is 1. The molecule has 2 rings (SSSR count). The number of hydrogen-bond donors (Lipinski definition) is 2. The molecule has 3 amide bonds. The summed E-state index contributed by atoms with van der Waals surface area (Å²) < 4.78 is 0. The number of nitrogens with one attached hydrogen (secondary N) is 2. The van der Waals surface area contributed by atoms with E-state index in [1.165, 1.54) is 4.90 Å². The Morgan fingerprint density at radius 1 is 1.04 bits per heavy atom. The van der Waals surface area contributed by atoms with Gasteiger partial charge in [-0.2, -0.15) is 5.26 Å². The molecule has 0 spiro atoms. The molecule has 0 fully saturated rings. The number of carbonyl (C=O) groups is 2. The van der Waals surface area contributed by atoms with Gasteiger partial charge in [-0.1, -0.05) is 18.2 Å². The minimum atomic E-state index is -0.401. The topological polar surface area (TPSA) is 85.2 Å². The van der Waals surface area contributed by atoms with Gasteiger partial charge in [-0.3, -0.25) is 4.79 Å². The van der Waals surface area contributed by atoms with Crippen LogP contribution in [0.3, 0.4) is 0 Å². The fraction of sp³-hybridized carbons (Fsp3) is 0.167. The number of benzene rings is 2. The Morgan fingerprint density at radius 3 is 2.33 bits per heavy atom. The van der Waals surface area contributed by atoms with Crippen LogP contribution in [0.2, 0.25) is 0 Å². The Labute approximate surface area is 140 Å². The number of nitrogens with zero attached hydrogens (tertiary/aromatic N) is 2. The van der Waals surface area contributed by atoms with Crippen molar-refractivity contribution < 1.29 is 9.59 Å². The molecule has 122 valence electrons. The van der Waals surface area contributed by atoms with Gasteiger partial charge in [0.25, 0.3) is 0 Å². The monoisotopic (exact) mass is 322 g/mol. The minimum Gasteiger partial charge on any atom is -0.349 e. The van der Waals surface area contributed by atoms with Crippen molar-refractivity contribution in [2.75, 3.05) is 24.7 Å². The molecule has 6 heteroatoms. The summed E-state index contributed by atoms with van der Waals surface area (Å²) in [5.41, 5.74) is 2.51. The molecule has 24 heavy (non-hydrogen) atoms. The van der Waals surface area contributed by atoms with Crippen molar-refractivity contribution in [2.45, 2.75) is 6.42 Å². The first kappa shape index (κ1) is 17.0. The van der Waals surface area contributed by atoms with Crippen LogP contribution in [-0.2, 0) is 11.2 Å². The second-order valence-corrected chi connectivity index (χ2v) is 5.43. The van der Waals surface area contributed by atoms with Crippen molar-refractivity contribution in [3.05, 3.63) is 59.7 Å². The zero-order valence-corrected chi connectivity index (χ0v) is 13.5. The molecule has 0 bridgehead atoms. The molecule has 0 heterocycles. The Balaban J connectivity index is 1.94. The fourth-order valence-corrected chi connectivity index (χ4v) is 2.00. The maximum atomic E-state index is 12.0. The highest BCUT2D eigenvalue weighted by Gasteiger charge is 2.07. The summed E-state index contributed by atoms with van der Waals surface area (Å²) in [6.45, 7) is 0. The molecule has 0 radical (unpaired) electrons. The van der Waals surface area contributed by atoms with E-state index in [0.717, 1.165) is 5.56 Å². The van der Waals surface area contributed by atoms with E-state index in [-0.39, 0.29) is 5.91 Å². The van der Waals surface area contributed by atoms with Crippen LogP contribution in [0.5, 0.6) is 0 Å². The van der Waals surface area contributed by atoms with Crippen molar-refractivity contribution >= 4 is 23.3 Å². The van der Waals surface area contributed by atoms with Gasteiger partial charge in [0.1, 0.15) is 0 Å². The van der Waals surface area contributed by atoms with E-state index < -0.39 is 6.03 Å². The molecule has 0 aliphatic carbocycles. The zero-order chi connectivity index (χ0) is 17.5. The number of urea groups is 1. The molecular weight excluding hydrogens is 304 g/mol. The molecule has 0 unspecified atom stereocenters. The lowest BCUT2D eigenvalue weighted by Crippen LogP contribution is -2.23. The number of anilines is 2. The molecule has 2 N–H and O–H groups in total. The van der Waals surface area contributed by atoms with Crippen LogP contribution >= 0.6 is 0 Å². The normalized spacial score (nSPS) is 9.71. The van der Waals surface area contributed by atoms with Crippen LogP contribution < -0.4 is 10.6 Å². The Bertz CT molecular complexity index is 776. The van der Waals surface area contributed by atoms with Crippen LogP contribution in [0.4, 0.5) is 16.2 Å². The van der Waals surface area contributed by atoms with E-state index in [2.05, 4.69) is 10.6 Å². The third kappa shape index (κ3) is 4.85. The smallest absolute Gasteiger partial charge is 0.323 e. The van der Waals surface area contributed by atoms with Crippen molar-refractivity contribution in [3.63, 3.8) is 0 Å². The van der Waals surface area contributed by atoms with Gasteiger partial charge in [-0.05, 0) is 35.9 Å². The molecular formula is C18H18N4O2. The van der Waals surface area contributed by atoms with Crippen LogP contribution in [0, 0.1) is 11.3 Å². The first-order chi connectivity index (χ1) is 11.5. The number of amides is 3. The highest BCUT2D eigenvalue weighted by molar-refractivity contribution is 5.99. The molecule has 0 atom stereocenters. The van der Waals surface area contributed by atoms with E-state index in [4.69, 9.17) is 5.26 Å². The van der Waals surface area contributed by atoms with Crippen molar-refractivity contribution in [1.82, 2.24) is 4.90 Å². The third-order valence-corrected chi connectivity index (χ3v) is 3.32. The van der Waals surface area contributed by atoms with Gasteiger partial charge in [-0.15, -0.1) is 0 Å². The highest BCUT2D eigenvalue weighted by atomic mass is 16.2. The van der Waals surface area contributed by atoms with Gasteiger partial charge in [0.15, 0.2) is 0 Å². The lowest BCUT2D eigenvalue weighted by Gasteiger charge is -2.11. The molecule has 6 nitrogen and oxygen atoms in total. The molecule has 0 aliphatic rings. The Kier molecular flexibility index (Phi) is 5.53. The first-order valence-corrected chi connectivity index (χ1v) is 7.35. The summed E-state index contributed by atoms with van der Waals surface area (Å²) in [4.78, 5) is 25.2. The van der Waals surface area contributed by atoms with Gasteiger partial charge < -0.3 is 15.5 Å². The summed E-state index contributed by atoms with van der Waals surface area (Å²) in [6, 6.07) is 15.4. The summed E-state index contributed by atoms with van der Waals surface area (Å²) in [7, 11) is 3.42. The maximum Gasteiger partial charge on any atom is 0.323 e. The molecule has 0 aliphatic heterocycles. The van der Waals surface area contributed by atoms with E-state index in [1.54, 1.807) is 62.6 Å². The Hall–Kier alpha value is -3.33. The first-order valence-electron chi connectivity index (χ1n) is 7.35. The molecule has 0 aromatic heterocycles. The largest absolute Gasteiger partial charge is 0.349 e. The number of nitriles is 1. The summed E-state index contributed by atoms with van der Waals surface area (Å²) in [5, 5.41) is 14.2. The minimum absolute atomic E-state index is 0.0193. The van der Waals surface area contributed by atoms with Crippen LogP contribution in [-0.4, -0.2) is 30.9 Å². The maximum absolute atomic E-state index is 12.0.